The smallest absolute Gasteiger partial charge is 0.196 e. The molecule has 0 radical (unpaired) electrons. The molecule has 0 bridgehead atoms. The van der Waals surface area contributed by atoms with Crippen molar-refractivity contribution in [1.82, 2.24) is 9.78 Å². The molecule has 17 heavy (non-hydrogen) atoms. The van der Waals surface area contributed by atoms with Gasteiger partial charge in [-0.05, 0) is 37.6 Å². The van der Waals surface area contributed by atoms with E-state index >= 15 is 0 Å². The van der Waals surface area contributed by atoms with Crippen molar-refractivity contribution in [2.45, 2.75) is 20.4 Å². The van der Waals surface area contributed by atoms with E-state index < -0.39 is 0 Å². The molecule has 4 heteroatoms. The fraction of sp³-hybridized carbons (Fsp3) is 0.231. The maximum Gasteiger partial charge on any atom is 0.196 e. The van der Waals surface area contributed by atoms with Gasteiger partial charge in [-0.25, -0.2) is 0 Å². The second-order valence-corrected chi connectivity index (χ2v) is 4.31. The SMILES string of the molecule is CCn1cc(C(=O)c2ccc(Cl)cc2C)cn1. The van der Waals surface area contributed by atoms with Crippen LogP contribution in [-0.4, -0.2) is 15.6 Å². The van der Waals surface area contributed by atoms with Crippen LogP contribution in [0.3, 0.4) is 0 Å². The molecule has 88 valence electrons. The molecule has 3 nitrogen and oxygen atoms in total. The summed E-state index contributed by atoms with van der Waals surface area (Å²) >= 11 is 5.87. The zero-order valence-electron chi connectivity index (χ0n) is 9.77. The first-order valence-corrected chi connectivity index (χ1v) is 5.83. The summed E-state index contributed by atoms with van der Waals surface area (Å²) < 4.78 is 1.73. The van der Waals surface area contributed by atoms with E-state index in [1.54, 1.807) is 35.3 Å². The third kappa shape index (κ3) is 2.39. The molecule has 1 heterocycles. The molecule has 0 aliphatic carbocycles. The Hall–Kier alpha value is -1.61. The highest BCUT2D eigenvalue weighted by Crippen LogP contribution is 2.18. The van der Waals surface area contributed by atoms with Crippen molar-refractivity contribution >= 4 is 17.4 Å². The topological polar surface area (TPSA) is 34.9 Å². The Morgan fingerprint density at radius 2 is 2.24 bits per heavy atom. The minimum Gasteiger partial charge on any atom is -0.288 e. The third-order valence-corrected chi connectivity index (χ3v) is 2.89. The van der Waals surface area contributed by atoms with Gasteiger partial charge < -0.3 is 0 Å². The molecule has 1 aromatic carbocycles. The average molecular weight is 249 g/mol. The fourth-order valence-corrected chi connectivity index (χ4v) is 1.92. The molecule has 0 N–H and O–H groups in total. The van der Waals surface area contributed by atoms with E-state index in [0.717, 1.165) is 12.1 Å². The summed E-state index contributed by atoms with van der Waals surface area (Å²) in [6.07, 6.45) is 3.36. The predicted octanol–water partition coefficient (Wildman–Crippen LogP) is 3.10. The summed E-state index contributed by atoms with van der Waals surface area (Å²) in [7, 11) is 0. The Balaban J connectivity index is 2.36. The molecule has 0 atom stereocenters. The van der Waals surface area contributed by atoms with Crippen LogP contribution in [-0.2, 0) is 6.54 Å². The van der Waals surface area contributed by atoms with Crippen LogP contribution in [0.25, 0.3) is 0 Å². The van der Waals surface area contributed by atoms with E-state index in [0.29, 0.717) is 16.1 Å². The number of ketones is 1. The standard InChI is InChI=1S/C13H13ClN2O/c1-3-16-8-10(7-15-16)13(17)12-5-4-11(14)6-9(12)2/h4-8H,3H2,1-2H3. The van der Waals surface area contributed by atoms with Crippen molar-refractivity contribution < 1.29 is 4.79 Å². The second-order valence-electron chi connectivity index (χ2n) is 3.87. The van der Waals surface area contributed by atoms with Crippen LogP contribution in [0, 0.1) is 6.92 Å². The van der Waals surface area contributed by atoms with Gasteiger partial charge in [0.15, 0.2) is 5.78 Å². The molecule has 0 aliphatic rings. The zero-order valence-corrected chi connectivity index (χ0v) is 10.5. The molecule has 2 rings (SSSR count). The summed E-state index contributed by atoms with van der Waals surface area (Å²) in [6, 6.07) is 5.27. The van der Waals surface area contributed by atoms with E-state index in [4.69, 9.17) is 11.6 Å². The van der Waals surface area contributed by atoms with Gasteiger partial charge in [-0.2, -0.15) is 5.10 Å². The molecular weight excluding hydrogens is 236 g/mol. The molecule has 0 unspecified atom stereocenters. The van der Waals surface area contributed by atoms with Crippen molar-refractivity contribution in [2.24, 2.45) is 0 Å². The van der Waals surface area contributed by atoms with Crippen LogP contribution in [0.5, 0.6) is 0 Å². The third-order valence-electron chi connectivity index (χ3n) is 2.65. The number of carbonyl (C=O) groups is 1. The number of carbonyl (C=O) groups excluding carboxylic acids is 1. The van der Waals surface area contributed by atoms with Gasteiger partial charge in [0.25, 0.3) is 0 Å². The van der Waals surface area contributed by atoms with E-state index in [-0.39, 0.29) is 5.78 Å². The largest absolute Gasteiger partial charge is 0.288 e. The highest BCUT2D eigenvalue weighted by molar-refractivity contribution is 6.30. The number of benzene rings is 1. The van der Waals surface area contributed by atoms with Gasteiger partial charge >= 0.3 is 0 Å². The van der Waals surface area contributed by atoms with Gasteiger partial charge in [-0.1, -0.05) is 11.6 Å². The van der Waals surface area contributed by atoms with Crippen molar-refractivity contribution in [3.05, 3.63) is 52.3 Å². The Labute approximate surface area is 105 Å². The average Bonchev–Trinajstić information content (AvgIpc) is 2.76. The summed E-state index contributed by atoms with van der Waals surface area (Å²) in [6.45, 7) is 4.62. The first kappa shape index (κ1) is 11.9. The van der Waals surface area contributed by atoms with Crippen molar-refractivity contribution in [1.29, 1.82) is 0 Å². The maximum absolute atomic E-state index is 12.2. The normalized spacial score (nSPS) is 10.5. The molecule has 0 spiro atoms. The van der Waals surface area contributed by atoms with Gasteiger partial charge in [0.1, 0.15) is 0 Å². The lowest BCUT2D eigenvalue weighted by Gasteiger charge is -2.03. The molecule has 0 amide bonds. The number of rotatable bonds is 3. The van der Waals surface area contributed by atoms with Crippen LogP contribution in [0.1, 0.15) is 28.4 Å². The Morgan fingerprint density at radius 1 is 1.47 bits per heavy atom. The molecule has 0 saturated heterocycles. The molecule has 0 aliphatic heterocycles. The van der Waals surface area contributed by atoms with Crippen LogP contribution < -0.4 is 0 Å². The summed E-state index contributed by atoms with van der Waals surface area (Å²) in [5.41, 5.74) is 2.16. The lowest BCUT2D eigenvalue weighted by Crippen LogP contribution is -2.02. The predicted molar refractivity (Wildman–Crippen MR) is 67.5 cm³/mol. The van der Waals surface area contributed by atoms with Gasteiger partial charge in [0.2, 0.25) is 0 Å². The minimum atomic E-state index is -0.0149. The number of hydrogen-bond donors (Lipinski definition) is 0. The zero-order chi connectivity index (χ0) is 12.4. The molecule has 2 aromatic rings. The van der Waals surface area contributed by atoms with Crippen molar-refractivity contribution in [3.8, 4) is 0 Å². The fourth-order valence-electron chi connectivity index (χ4n) is 1.69. The van der Waals surface area contributed by atoms with Crippen LogP contribution in [0.2, 0.25) is 5.02 Å². The monoisotopic (exact) mass is 248 g/mol. The Kier molecular flexibility index (Phi) is 3.29. The highest BCUT2D eigenvalue weighted by atomic mass is 35.5. The number of hydrogen-bond acceptors (Lipinski definition) is 2. The van der Waals surface area contributed by atoms with Crippen LogP contribution in [0.4, 0.5) is 0 Å². The van der Waals surface area contributed by atoms with Crippen LogP contribution in [0.15, 0.2) is 30.6 Å². The molecular formula is C13H13ClN2O. The number of nitrogens with zero attached hydrogens (tertiary/aromatic N) is 2. The first-order chi connectivity index (χ1) is 8.11. The molecule has 1 aromatic heterocycles. The molecule has 0 fully saturated rings. The Morgan fingerprint density at radius 3 is 2.82 bits per heavy atom. The Bertz CT molecular complexity index is 560. The summed E-state index contributed by atoms with van der Waals surface area (Å²) in [5, 5.41) is 4.74. The highest BCUT2D eigenvalue weighted by Gasteiger charge is 2.13. The number of aryl methyl sites for hydroxylation is 2. The second kappa shape index (κ2) is 4.72. The minimum absolute atomic E-state index is 0.0149. The van der Waals surface area contributed by atoms with Crippen LogP contribution >= 0.6 is 11.6 Å². The van der Waals surface area contributed by atoms with E-state index in [9.17, 15) is 4.79 Å². The lowest BCUT2D eigenvalue weighted by molar-refractivity contribution is 0.103. The van der Waals surface area contributed by atoms with E-state index in [1.807, 2.05) is 13.8 Å². The lowest BCUT2D eigenvalue weighted by atomic mass is 10.0. The van der Waals surface area contributed by atoms with E-state index in [2.05, 4.69) is 5.10 Å². The number of aromatic nitrogens is 2. The summed E-state index contributed by atoms with van der Waals surface area (Å²) in [4.78, 5) is 12.2. The van der Waals surface area contributed by atoms with Crippen molar-refractivity contribution in [2.75, 3.05) is 0 Å². The van der Waals surface area contributed by atoms with Gasteiger partial charge in [-0.3, -0.25) is 9.48 Å². The van der Waals surface area contributed by atoms with Crippen molar-refractivity contribution in [3.63, 3.8) is 0 Å². The van der Waals surface area contributed by atoms with Gasteiger partial charge in [0, 0.05) is 23.3 Å². The number of halogens is 1. The van der Waals surface area contributed by atoms with Gasteiger partial charge in [0.05, 0.1) is 11.8 Å². The maximum atomic E-state index is 12.2. The molecule has 0 saturated carbocycles. The first-order valence-electron chi connectivity index (χ1n) is 5.45. The van der Waals surface area contributed by atoms with E-state index in [1.165, 1.54) is 0 Å². The van der Waals surface area contributed by atoms with Gasteiger partial charge in [-0.15, -0.1) is 0 Å². The summed E-state index contributed by atoms with van der Waals surface area (Å²) in [5.74, 6) is -0.0149. The quantitative estimate of drug-likeness (QED) is 0.783.